The van der Waals surface area contributed by atoms with Crippen molar-refractivity contribution >= 4 is 53.5 Å². The van der Waals surface area contributed by atoms with E-state index in [2.05, 4.69) is 36.9 Å². The van der Waals surface area contributed by atoms with Crippen molar-refractivity contribution in [1.29, 1.82) is 0 Å². The highest BCUT2D eigenvalue weighted by molar-refractivity contribution is 5.95. The number of carboxylic acids is 2. The molecule has 20 nitrogen and oxygen atoms in total. The van der Waals surface area contributed by atoms with Gasteiger partial charge in [-0.05, 0) is 52.6 Å². The Balaban J connectivity index is 1.21. The summed E-state index contributed by atoms with van der Waals surface area (Å²) in [5.41, 5.74) is 16.0. The van der Waals surface area contributed by atoms with Gasteiger partial charge in [0.1, 0.15) is 37.3 Å². The Hall–Kier alpha value is -8.29. The number of benzene rings is 4. The third-order valence-electron chi connectivity index (χ3n) is 10.9. The van der Waals surface area contributed by atoms with Crippen molar-refractivity contribution in [2.24, 2.45) is 16.5 Å². The number of aliphatic imine (C=N–C) groups is 1. The first kappa shape index (κ1) is 50.7. The van der Waals surface area contributed by atoms with Crippen molar-refractivity contribution in [3.05, 3.63) is 131 Å². The van der Waals surface area contributed by atoms with Crippen LogP contribution in [0.4, 0.5) is 4.79 Å². The molecule has 0 unspecified atom stereocenters. The van der Waals surface area contributed by atoms with Gasteiger partial charge in [-0.15, -0.1) is 0 Å². The van der Waals surface area contributed by atoms with Crippen LogP contribution in [0.5, 0.6) is 0 Å². The number of hydrogen-bond donors (Lipinski definition) is 10. The number of aliphatic carboxylic acids is 2. The molecule has 1 aliphatic carbocycles. The SMILES string of the molecule is NC(N)=NCCC[C@H](NC(=O)[C@H](CCC(=O)O)NC(=O)CNC(=O)[C@H](Cc1ccccc1)NC(=O)[C@H](Cc1ccccc1)NC(=O)CNC(=O)OCC1c2ccccc2-c2ccccc21)C(=O)O. The summed E-state index contributed by atoms with van der Waals surface area (Å²) in [5, 5.41) is 33.8. The van der Waals surface area contributed by atoms with E-state index in [1.54, 1.807) is 60.7 Å². The second kappa shape index (κ2) is 25.4. The van der Waals surface area contributed by atoms with Crippen molar-refractivity contribution < 1.29 is 53.3 Å². The maximum atomic E-state index is 14.1. The number of ether oxygens (including phenoxy) is 1. The molecule has 4 aromatic rings. The number of guanidine groups is 1. The van der Waals surface area contributed by atoms with Crippen molar-refractivity contribution in [2.75, 3.05) is 26.2 Å². The van der Waals surface area contributed by atoms with Gasteiger partial charge in [-0.25, -0.2) is 9.59 Å². The first-order valence-electron chi connectivity index (χ1n) is 21.8. The van der Waals surface area contributed by atoms with E-state index in [0.717, 1.165) is 22.3 Å². The number of fused-ring (bicyclic) bond motifs is 3. The number of alkyl carbamates (subject to hydrolysis) is 1. The maximum Gasteiger partial charge on any atom is 0.407 e. The molecule has 0 aliphatic heterocycles. The average molecular weight is 934 g/mol. The van der Waals surface area contributed by atoms with E-state index in [4.69, 9.17) is 16.2 Å². The summed E-state index contributed by atoms with van der Waals surface area (Å²) in [6.45, 7) is -1.17. The van der Waals surface area contributed by atoms with Gasteiger partial charge < -0.3 is 58.3 Å². The summed E-state index contributed by atoms with van der Waals surface area (Å²) >= 11 is 0. The summed E-state index contributed by atoms with van der Waals surface area (Å²) in [4.78, 5) is 107. The predicted molar refractivity (Wildman–Crippen MR) is 249 cm³/mol. The van der Waals surface area contributed by atoms with Gasteiger partial charge in [0, 0.05) is 31.7 Å². The molecule has 0 saturated carbocycles. The number of rotatable bonds is 25. The fourth-order valence-corrected chi connectivity index (χ4v) is 7.54. The van der Waals surface area contributed by atoms with E-state index in [9.17, 15) is 48.6 Å². The topological polar surface area (TPSA) is 323 Å². The second-order valence-electron chi connectivity index (χ2n) is 15.9. The lowest BCUT2D eigenvalue weighted by molar-refractivity contribution is -0.143. The van der Waals surface area contributed by atoms with E-state index < -0.39 is 97.7 Å². The highest BCUT2D eigenvalue weighted by Crippen LogP contribution is 2.44. The molecule has 1 aliphatic rings. The van der Waals surface area contributed by atoms with Crippen molar-refractivity contribution in [2.45, 2.75) is 68.6 Å². The number of carboxylic acid groups (broad SMARTS) is 2. The zero-order chi connectivity index (χ0) is 49.0. The van der Waals surface area contributed by atoms with Crippen molar-refractivity contribution in [3.8, 4) is 11.1 Å². The number of nitrogens with two attached hydrogens (primary N) is 2. The van der Waals surface area contributed by atoms with E-state index in [-0.39, 0.29) is 50.7 Å². The Kier molecular flexibility index (Phi) is 19.0. The molecule has 0 radical (unpaired) electrons. The number of carbonyl (C=O) groups is 8. The largest absolute Gasteiger partial charge is 0.481 e. The Morgan fingerprint density at radius 3 is 1.60 bits per heavy atom. The summed E-state index contributed by atoms with van der Waals surface area (Å²) in [7, 11) is 0. The Labute approximate surface area is 391 Å². The van der Waals surface area contributed by atoms with Crippen molar-refractivity contribution in [3.63, 3.8) is 0 Å². The molecule has 0 aromatic heterocycles. The molecule has 20 heteroatoms. The Morgan fingerprint density at radius 1 is 0.574 bits per heavy atom. The van der Waals surface area contributed by atoms with Gasteiger partial charge in [0.05, 0.1) is 6.54 Å². The zero-order valence-corrected chi connectivity index (χ0v) is 37.0. The molecule has 0 spiro atoms. The van der Waals surface area contributed by atoms with E-state index in [1.165, 1.54) is 0 Å². The average Bonchev–Trinajstić information content (AvgIpc) is 3.64. The van der Waals surface area contributed by atoms with Crippen LogP contribution >= 0.6 is 0 Å². The van der Waals surface area contributed by atoms with Crippen molar-refractivity contribution in [1.82, 2.24) is 31.9 Å². The molecule has 4 aromatic carbocycles. The van der Waals surface area contributed by atoms with Gasteiger partial charge in [0.2, 0.25) is 29.5 Å². The Bertz CT molecular complexity index is 2400. The molecule has 0 heterocycles. The highest BCUT2D eigenvalue weighted by atomic mass is 16.5. The van der Waals surface area contributed by atoms with Gasteiger partial charge in [-0.2, -0.15) is 0 Å². The summed E-state index contributed by atoms with van der Waals surface area (Å²) in [6.07, 6.45) is -1.80. The first-order valence-corrected chi connectivity index (χ1v) is 21.8. The van der Waals surface area contributed by atoms with Crippen LogP contribution in [0.15, 0.2) is 114 Å². The number of hydrogen-bond acceptors (Lipinski definition) is 10. The van der Waals surface area contributed by atoms with Crippen LogP contribution in [0.3, 0.4) is 0 Å². The normalized spacial score (nSPS) is 13.1. The number of nitrogens with one attached hydrogen (secondary N) is 6. The molecule has 0 bridgehead atoms. The highest BCUT2D eigenvalue weighted by Gasteiger charge is 2.31. The van der Waals surface area contributed by atoms with Crippen LogP contribution in [-0.2, 0) is 51.1 Å². The second-order valence-corrected chi connectivity index (χ2v) is 15.9. The lowest BCUT2D eigenvalue weighted by atomic mass is 9.98. The molecule has 12 N–H and O–H groups in total. The number of amides is 6. The fourth-order valence-electron chi connectivity index (χ4n) is 7.54. The molecule has 0 saturated heterocycles. The lowest BCUT2D eigenvalue weighted by Crippen LogP contribution is -2.57. The van der Waals surface area contributed by atoms with Gasteiger partial charge in [0.25, 0.3) is 0 Å². The first-order chi connectivity index (χ1) is 32.7. The summed E-state index contributed by atoms with van der Waals surface area (Å²) in [6, 6.07) is 27.6. The van der Waals surface area contributed by atoms with Gasteiger partial charge in [-0.1, -0.05) is 109 Å². The lowest BCUT2D eigenvalue weighted by Gasteiger charge is -2.24. The standard InChI is InChI=1S/C48H55N9O11/c49-47(50)51-23-11-20-37(46(65)66)56-44(63)36(21-22-42(60)61)54-40(58)26-52-43(62)38(24-29-12-3-1-4-13-29)57-45(64)39(25-30-14-5-2-6-15-30)55-41(59)27-53-48(67)68-28-35-33-18-9-7-16-31(33)32-17-8-10-19-34(32)35/h1-10,12-19,35-39H,11,20-28H2,(H,52,62)(H,53,67)(H,54,58)(H,55,59)(H,56,63)(H,57,64)(H,60,61)(H,65,66)(H4,49,50,51)/t36-,37-,38-,39-/m0/s1. The van der Waals surface area contributed by atoms with Gasteiger partial charge >= 0.3 is 18.0 Å². The summed E-state index contributed by atoms with van der Waals surface area (Å²) in [5.74, 6) is -7.29. The third kappa shape index (κ3) is 15.7. The van der Waals surface area contributed by atoms with Crippen LogP contribution in [0.1, 0.15) is 53.9 Å². The third-order valence-corrected chi connectivity index (χ3v) is 10.9. The van der Waals surface area contributed by atoms with E-state index >= 15 is 0 Å². The van der Waals surface area contributed by atoms with Gasteiger partial charge in [-0.3, -0.25) is 33.8 Å². The molecule has 358 valence electrons. The molecule has 4 atom stereocenters. The minimum Gasteiger partial charge on any atom is -0.481 e. The quantitative estimate of drug-likeness (QED) is 0.0253. The fraction of sp³-hybridized carbons (Fsp3) is 0.312. The molecular weight excluding hydrogens is 879 g/mol. The van der Waals surface area contributed by atoms with Crippen LogP contribution in [0.25, 0.3) is 11.1 Å². The molecular formula is C48H55N9O11. The van der Waals surface area contributed by atoms with E-state index in [0.29, 0.717) is 11.1 Å². The smallest absolute Gasteiger partial charge is 0.407 e. The molecule has 68 heavy (non-hydrogen) atoms. The van der Waals surface area contributed by atoms with E-state index in [1.807, 2.05) is 48.5 Å². The van der Waals surface area contributed by atoms with Crippen LogP contribution < -0.4 is 43.4 Å². The van der Waals surface area contributed by atoms with Crippen LogP contribution in [0.2, 0.25) is 0 Å². The monoisotopic (exact) mass is 933 g/mol. The minimum atomic E-state index is -1.50. The summed E-state index contributed by atoms with van der Waals surface area (Å²) < 4.78 is 5.56. The maximum absolute atomic E-state index is 14.1. The Morgan fingerprint density at radius 2 is 1.06 bits per heavy atom. The zero-order valence-electron chi connectivity index (χ0n) is 37.0. The number of carbonyl (C=O) groups excluding carboxylic acids is 6. The number of nitrogens with zero attached hydrogens (tertiary/aromatic N) is 1. The minimum absolute atomic E-state index is 0.00968. The molecule has 5 rings (SSSR count). The van der Waals surface area contributed by atoms with Crippen LogP contribution in [-0.4, -0.2) is 114 Å². The molecule has 0 fully saturated rings. The van der Waals surface area contributed by atoms with Crippen LogP contribution in [0, 0.1) is 0 Å². The predicted octanol–water partition coefficient (Wildman–Crippen LogP) is 1.07. The van der Waals surface area contributed by atoms with Gasteiger partial charge in [0.15, 0.2) is 5.96 Å². The molecule has 6 amide bonds.